The summed E-state index contributed by atoms with van der Waals surface area (Å²) in [5.74, 6) is -8.72. The summed E-state index contributed by atoms with van der Waals surface area (Å²) in [7, 11) is 3.09. The van der Waals surface area contributed by atoms with Gasteiger partial charge in [0.2, 0.25) is 11.6 Å². The van der Waals surface area contributed by atoms with E-state index in [4.69, 9.17) is 5.73 Å². The number of amides is 1. The van der Waals surface area contributed by atoms with Crippen molar-refractivity contribution in [3.63, 3.8) is 0 Å². The number of rotatable bonds is 2. The van der Waals surface area contributed by atoms with Crippen LogP contribution in [0.5, 0.6) is 5.75 Å². The lowest BCUT2D eigenvalue weighted by Gasteiger charge is -2.52. The van der Waals surface area contributed by atoms with Crippen LogP contribution in [-0.2, 0) is 14.4 Å². The van der Waals surface area contributed by atoms with Gasteiger partial charge in [-0.1, -0.05) is 19.1 Å². The molecular formula is C22H25ClN2O8. The fourth-order valence-electron chi connectivity index (χ4n) is 5.67. The maximum absolute atomic E-state index is 13.7. The summed E-state index contributed by atoms with van der Waals surface area (Å²) in [6.07, 6.45) is -1.57. The van der Waals surface area contributed by atoms with E-state index >= 15 is 0 Å². The average molecular weight is 481 g/mol. The Kier molecular flexibility index (Phi) is 5.87. The molecule has 1 aromatic carbocycles. The number of carbonyl (C=O) groups excluding carboxylic acids is 3. The molecule has 1 aromatic rings. The van der Waals surface area contributed by atoms with Gasteiger partial charge in [0.15, 0.2) is 11.6 Å². The van der Waals surface area contributed by atoms with Crippen LogP contribution in [0.1, 0.15) is 24.0 Å². The van der Waals surface area contributed by atoms with Gasteiger partial charge in [-0.25, -0.2) is 0 Å². The fourth-order valence-corrected chi connectivity index (χ4v) is 5.67. The number of halogens is 1. The molecule has 0 aliphatic heterocycles. The maximum Gasteiger partial charge on any atom is 0.256 e. The van der Waals surface area contributed by atoms with E-state index in [0.717, 1.165) is 0 Å². The van der Waals surface area contributed by atoms with Gasteiger partial charge in [-0.05, 0) is 17.5 Å². The third-order valence-corrected chi connectivity index (χ3v) is 7.09. The van der Waals surface area contributed by atoms with E-state index in [0.29, 0.717) is 10.5 Å². The van der Waals surface area contributed by atoms with Crippen molar-refractivity contribution in [3.8, 4) is 5.75 Å². The Labute approximate surface area is 195 Å². The molecule has 0 saturated heterocycles. The minimum Gasteiger partial charge on any atom is -1.00 e. The Bertz CT molecular complexity index is 1140. The lowest BCUT2D eigenvalue weighted by molar-refractivity contribution is -0.881. The second-order valence-corrected chi connectivity index (χ2v) is 8.94. The van der Waals surface area contributed by atoms with E-state index in [1.807, 2.05) is 0 Å². The number of fused-ring (bicyclic) bond motifs is 3. The van der Waals surface area contributed by atoms with Crippen molar-refractivity contribution in [2.24, 2.45) is 17.6 Å². The van der Waals surface area contributed by atoms with Crippen LogP contribution in [0.4, 0.5) is 0 Å². The first-order chi connectivity index (χ1) is 14.9. The molecule has 10 nitrogen and oxygen atoms in total. The van der Waals surface area contributed by atoms with Gasteiger partial charge in [0, 0.05) is 11.5 Å². The molecule has 0 spiro atoms. The molecule has 6 atom stereocenters. The maximum atomic E-state index is 13.7. The van der Waals surface area contributed by atoms with Gasteiger partial charge in [-0.3, -0.25) is 14.4 Å². The van der Waals surface area contributed by atoms with Crippen molar-refractivity contribution < 1.29 is 57.2 Å². The van der Waals surface area contributed by atoms with Gasteiger partial charge < -0.3 is 48.6 Å². The van der Waals surface area contributed by atoms with Crippen molar-refractivity contribution in [3.05, 3.63) is 46.2 Å². The number of Topliss-reactive ketones (excluding diaryl/α,β-unsaturated/α-hetero) is 2. The number of hydrogen-bond acceptors (Lipinski definition) is 8. The summed E-state index contributed by atoms with van der Waals surface area (Å²) in [6, 6.07) is 3.23. The van der Waals surface area contributed by atoms with Crippen LogP contribution in [0.25, 0.3) is 5.76 Å². The molecule has 1 unspecified atom stereocenters. The molecule has 3 aliphatic rings. The minimum atomic E-state index is -2.87. The number of phenols is 1. The number of likely N-dealkylation sites (N-methyl/N-ethyl adjacent to an activating group) is 1. The number of primary amides is 1. The zero-order chi connectivity index (χ0) is 23.9. The van der Waals surface area contributed by atoms with Gasteiger partial charge in [0.25, 0.3) is 5.91 Å². The molecule has 1 fully saturated rings. The zero-order valence-corrected chi connectivity index (χ0v) is 18.8. The summed E-state index contributed by atoms with van der Waals surface area (Å²) in [5, 5.41) is 54.9. The highest BCUT2D eigenvalue weighted by molar-refractivity contribution is 6.24. The molecule has 1 saturated carbocycles. The summed E-state index contributed by atoms with van der Waals surface area (Å²) in [5.41, 5.74) is 1.54. The topological polar surface area (TPSA) is 183 Å². The number of hydrogen-bond donors (Lipinski definition) is 7. The van der Waals surface area contributed by atoms with Gasteiger partial charge >= 0.3 is 0 Å². The van der Waals surface area contributed by atoms with Gasteiger partial charge in [-0.15, -0.1) is 0 Å². The lowest BCUT2D eigenvalue weighted by Crippen LogP contribution is -3.13. The normalized spacial score (nSPS) is 33.3. The number of aromatic hydroxyl groups is 1. The zero-order valence-electron chi connectivity index (χ0n) is 18.0. The number of benzene rings is 1. The van der Waals surface area contributed by atoms with E-state index in [-0.39, 0.29) is 23.7 Å². The molecule has 0 heterocycles. The third-order valence-electron chi connectivity index (χ3n) is 7.09. The predicted octanol–water partition coefficient (Wildman–Crippen LogP) is -4.92. The van der Waals surface area contributed by atoms with E-state index in [1.165, 1.54) is 6.07 Å². The quantitative estimate of drug-likeness (QED) is 0.205. The molecular weight excluding hydrogens is 456 g/mol. The number of aliphatic hydroxyl groups is 4. The highest BCUT2D eigenvalue weighted by Gasteiger charge is 2.69. The van der Waals surface area contributed by atoms with Crippen LogP contribution in [0.15, 0.2) is 35.1 Å². The molecule has 33 heavy (non-hydrogen) atoms. The van der Waals surface area contributed by atoms with Gasteiger partial charge in [-0.2, -0.15) is 0 Å². The largest absolute Gasteiger partial charge is 1.00 e. The first-order valence-corrected chi connectivity index (χ1v) is 10.2. The van der Waals surface area contributed by atoms with Crippen LogP contribution in [0, 0.1) is 11.8 Å². The number of quaternary nitrogens is 1. The van der Waals surface area contributed by atoms with E-state index in [9.17, 15) is 39.9 Å². The first-order valence-electron chi connectivity index (χ1n) is 10.2. The fraction of sp³-hybridized carbons (Fsp3) is 0.409. The number of phenolic OH excluding ortho intramolecular Hbond substituents is 1. The Hall–Kier alpha value is -2.92. The van der Waals surface area contributed by atoms with Crippen LogP contribution in [0.3, 0.4) is 0 Å². The average Bonchev–Trinajstić information content (AvgIpc) is 2.70. The smallest absolute Gasteiger partial charge is 0.256 e. The second-order valence-electron chi connectivity index (χ2n) is 8.94. The number of nitrogens with one attached hydrogen (secondary N) is 1. The van der Waals surface area contributed by atoms with Crippen molar-refractivity contribution in [2.45, 2.75) is 30.6 Å². The summed E-state index contributed by atoms with van der Waals surface area (Å²) in [6.45, 7) is 1.68. The predicted molar refractivity (Wildman–Crippen MR) is 109 cm³/mol. The number of nitrogens with two attached hydrogens (primary N) is 1. The van der Waals surface area contributed by atoms with Crippen molar-refractivity contribution >= 4 is 23.2 Å². The van der Waals surface area contributed by atoms with E-state index < -0.39 is 75.6 Å². The Balaban J connectivity index is 0.00000306. The Morgan fingerprint density at radius 1 is 1.15 bits per heavy atom. The first kappa shape index (κ1) is 24.7. The van der Waals surface area contributed by atoms with Crippen molar-refractivity contribution in [1.82, 2.24) is 0 Å². The highest BCUT2D eigenvalue weighted by atomic mass is 35.5. The van der Waals surface area contributed by atoms with Crippen LogP contribution in [-0.4, -0.2) is 74.8 Å². The molecule has 3 aliphatic carbocycles. The van der Waals surface area contributed by atoms with Crippen LogP contribution < -0.4 is 23.0 Å². The van der Waals surface area contributed by atoms with Crippen LogP contribution in [0.2, 0.25) is 0 Å². The Morgan fingerprint density at radius 2 is 1.76 bits per heavy atom. The SMILES string of the molecule is C[C@H]1c2cccc(O)c2C(O)=C2C(=O)[C@]3(O)C(O)=C(C(N)=O)C(=O)[C@@H]([NH+](C)C)[C@@H]3C(O)[C@@H]21.[Cl-]. The lowest BCUT2D eigenvalue weighted by atomic mass is 9.54. The van der Waals surface area contributed by atoms with E-state index in [1.54, 1.807) is 33.2 Å². The van der Waals surface area contributed by atoms with Gasteiger partial charge in [0.05, 0.1) is 31.7 Å². The molecule has 11 heteroatoms. The molecule has 1 amide bonds. The van der Waals surface area contributed by atoms with E-state index in [2.05, 4.69) is 0 Å². The molecule has 4 rings (SSSR count). The summed E-state index contributed by atoms with van der Waals surface area (Å²) < 4.78 is 0. The molecule has 8 N–H and O–H groups in total. The number of aliphatic hydroxyl groups excluding tert-OH is 3. The molecule has 0 aromatic heterocycles. The second kappa shape index (κ2) is 7.84. The number of ketones is 2. The minimum absolute atomic E-state index is 0. The summed E-state index contributed by atoms with van der Waals surface area (Å²) in [4.78, 5) is 39.1. The van der Waals surface area contributed by atoms with Gasteiger partial charge in [0.1, 0.15) is 22.8 Å². The standard InChI is InChI=1S/C22H24N2O8.ClH/c1-7-8-5-4-6-9(25)11(8)16(26)12-10(7)17(27)14-15(24(2)3)18(28)13(21(23)31)20(30)22(14,32)19(12)29;/h4-7,10,14-15,17,25-27,30,32H,1-3H3,(H2,23,31);1H/t7-,10+,14+,15-,17?,22-;/m0./s1. The number of carbonyl (C=O) groups is 3. The van der Waals surface area contributed by atoms with Crippen molar-refractivity contribution in [1.29, 1.82) is 0 Å². The Morgan fingerprint density at radius 3 is 2.30 bits per heavy atom. The molecule has 178 valence electrons. The third kappa shape index (κ3) is 2.95. The van der Waals surface area contributed by atoms with Crippen LogP contribution >= 0.6 is 0 Å². The molecule has 0 bridgehead atoms. The van der Waals surface area contributed by atoms with Crippen molar-refractivity contribution in [2.75, 3.05) is 14.1 Å². The highest BCUT2D eigenvalue weighted by Crippen LogP contribution is 2.55. The summed E-state index contributed by atoms with van der Waals surface area (Å²) >= 11 is 0. The molecule has 0 radical (unpaired) electrons. The monoisotopic (exact) mass is 480 g/mol.